The second kappa shape index (κ2) is 8.89. The molecule has 1 amide bonds. The van der Waals surface area contributed by atoms with Crippen molar-refractivity contribution in [2.24, 2.45) is 5.92 Å². The number of carbonyl (C=O) groups excluding carboxylic acids is 2. The van der Waals surface area contributed by atoms with E-state index in [1.54, 1.807) is 11.9 Å². The van der Waals surface area contributed by atoms with Crippen molar-refractivity contribution < 1.29 is 19.1 Å². The highest BCUT2D eigenvalue weighted by atomic mass is 16.6. The first-order valence-corrected chi connectivity index (χ1v) is 9.56. The summed E-state index contributed by atoms with van der Waals surface area (Å²) in [6.45, 7) is 1.79. The van der Waals surface area contributed by atoms with E-state index in [0.29, 0.717) is 5.75 Å². The van der Waals surface area contributed by atoms with Crippen LogP contribution in [-0.4, -0.2) is 43.1 Å². The summed E-state index contributed by atoms with van der Waals surface area (Å²) >= 11 is 0. The van der Waals surface area contributed by atoms with Crippen LogP contribution in [0.25, 0.3) is 10.8 Å². The fourth-order valence-corrected chi connectivity index (χ4v) is 3.58. The van der Waals surface area contributed by atoms with Gasteiger partial charge in [-0.15, -0.1) is 0 Å². The number of nitrogens with zero attached hydrogens (tertiary/aromatic N) is 1. The average molecular weight is 369 g/mol. The van der Waals surface area contributed by atoms with Gasteiger partial charge in [-0.3, -0.25) is 4.79 Å². The highest BCUT2D eigenvalue weighted by Crippen LogP contribution is 2.27. The van der Waals surface area contributed by atoms with Crippen molar-refractivity contribution in [1.82, 2.24) is 4.90 Å². The fourth-order valence-electron chi connectivity index (χ4n) is 3.58. The summed E-state index contributed by atoms with van der Waals surface area (Å²) < 4.78 is 10.7. The lowest BCUT2D eigenvalue weighted by Crippen LogP contribution is -2.41. The molecular formula is C22H27NO4. The van der Waals surface area contributed by atoms with E-state index in [1.165, 1.54) is 0 Å². The van der Waals surface area contributed by atoms with Crippen molar-refractivity contribution in [2.75, 3.05) is 20.3 Å². The highest BCUT2D eigenvalue weighted by molar-refractivity contribution is 5.88. The molecule has 0 spiro atoms. The van der Waals surface area contributed by atoms with E-state index >= 15 is 0 Å². The van der Waals surface area contributed by atoms with Crippen molar-refractivity contribution in [1.29, 1.82) is 0 Å². The van der Waals surface area contributed by atoms with Gasteiger partial charge in [-0.05, 0) is 43.1 Å². The molecule has 1 aliphatic rings. The van der Waals surface area contributed by atoms with E-state index in [4.69, 9.17) is 9.47 Å². The van der Waals surface area contributed by atoms with E-state index < -0.39 is 5.97 Å². The molecule has 0 atom stereocenters. The van der Waals surface area contributed by atoms with Crippen LogP contribution in [0.15, 0.2) is 42.5 Å². The molecule has 0 saturated heterocycles. The molecule has 0 unspecified atom stereocenters. The molecule has 3 rings (SSSR count). The van der Waals surface area contributed by atoms with E-state index in [0.717, 1.165) is 42.4 Å². The SMILES string of the molecule is CC1CCC(N(C)C(=O)COC(=O)COc2cccc3ccccc23)CC1. The number of hydrogen-bond donors (Lipinski definition) is 0. The number of rotatable bonds is 6. The number of benzene rings is 2. The summed E-state index contributed by atoms with van der Waals surface area (Å²) in [6, 6.07) is 13.7. The number of carbonyl (C=O) groups is 2. The summed E-state index contributed by atoms with van der Waals surface area (Å²) in [5.74, 6) is 0.661. The van der Waals surface area contributed by atoms with Gasteiger partial charge >= 0.3 is 5.97 Å². The lowest BCUT2D eigenvalue weighted by molar-refractivity contribution is -0.154. The summed E-state index contributed by atoms with van der Waals surface area (Å²) in [5.41, 5.74) is 0. The molecule has 1 fully saturated rings. The number of esters is 1. The maximum Gasteiger partial charge on any atom is 0.344 e. The molecule has 0 aromatic heterocycles. The van der Waals surface area contributed by atoms with Gasteiger partial charge in [-0.25, -0.2) is 4.79 Å². The molecule has 0 bridgehead atoms. The summed E-state index contributed by atoms with van der Waals surface area (Å²) in [5, 5.41) is 1.98. The quantitative estimate of drug-likeness (QED) is 0.727. The number of amides is 1. The molecule has 0 heterocycles. The normalized spacial score (nSPS) is 19.5. The van der Waals surface area contributed by atoms with Crippen molar-refractivity contribution >= 4 is 22.6 Å². The second-order valence-electron chi connectivity index (χ2n) is 7.34. The first-order valence-electron chi connectivity index (χ1n) is 9.56. The molecule has 0 aliphatic heterocycles. The minimum absolute atomic E-state index is 0.159. The zero-order valence-electron chi connectivity index (χ0n) is 16.0. The largest absolute Gasteiger partial charge is 0.481 e. The van der Waals surface area contributed by atoms with Gasteiger partial charge in [0.2, 0.25) is 0 Å². The van der Waals surface area contributed by atoms with E-state index in [2.05, 4.69) is 6.92 Å². The van der Waals surface area contributed by atoms with Crippen LogP contribution in [0.5, 0.6) is 5.75 Å². The Kier molecular flexibility index (Phi) is 6.32. The predicted octanol–water partition coefficient (Wildman–Crippen LogP) is 3.80. The minimum Gasteiger partial charge on any atom is -0.481 e. The first-order chi connectivity index (χ1) is 13.0. The molecule has 1 saturated carbocycles. The van der Waals surface area contributed by atoms with Crippen LogP contribution in [0.2, 0.25) is 0 Å². The van der Waals surface area contributed by atoms with Crippen molar-refractivity contribution in [3.8, 4) is 5.75 Å². The Morgan fingerprint density at radius 3 is 2.48 bits per heavy atom. The third-order valence-corrected chi connectivity index (χ3v) is 5.38. The molecule has 144 valence electrons. The molecule has 5 heteroatoms. The maximum atomic E-state index is 12.3. The Hall–Kier alpha value is -2.56. The predicted molar refractivity (Wildman–Crippen MR) is 105 cm³/mol. The Morgan fingerprint density at radius 2 is 1.70 bits per heavy atom. The zero-order valence-corrected chi connectivity index (χ0v) is 16.0. The van der Waals surface area contributed by atoms with Crippen LogP contribution in [0.4, 0.5) is 0 Å². The Morgan fingerprint density at radius 1 is 1.00 bits per heavy atom. The van der Waals surface area contributed by atoms with Crippen LogP contribution in [0.1, 0.15) is 32.6 Å². The summed E-state index contributed by atoms with van der Waals surface area (Å²) in [6.07, 6.45) is 4.31. The second-order valence-corrected chi connectivity index (χ2v) is 7.34. The molecule has 1 aliphatic carbocycles. The van der Waals surface area contributed by atoms with Crippen molar-refractivity contribution in [2.45, 2.75) is 38.6 Å². The lowest BCUT2D eigenvalue weighted by Gasteiger charge is -2.33. The minimum atomic E-state index is -0.540. The number of likely N-dealkylation sites (N-methyl/N-ethyl adjacent to an activating group) is 1. The Bertz CT molecular complexity index is 791. The van der Waals surface area contributed by atoms with Gasteiger partial charge in [-0.2, -0.15) is 0 Å². The standard InChI is InChI=1S/C22H27NO4/c1-16-10-12-18(13-11-16)23(2)21(24)14-27-22(25)15-26-20-9-5-7-17-6-3-4-8-19(17)20/h3-9,16,18H,10-15H2,1-2H3. The molecular weight excluding hydrogens is 342 g/mol. The van der Waals surface area contributed by atoms with Crippen LogP contribution in [-0.2, 0) is 14.3 Å². The van der Waals surface area contributed by atoms with Crippen LogP contribution < -0.4 is 4.74 Å². The summed E-state index contributed by atoms with van der Waals surface area (Å²) in [4.78, 5) is 26.0. The number of ether oxygens (including phenoxy) is 2. The van der Waals surface area contributed by atoms with Gasteiger partial charge < -0.3 is 14.4 Å². The molecule has 0 N–H and O–H groups in total. The fraction of sp³-hybridized carbons (Fsp3) is 0.455. The third kappa shape index (κ3) is 5.00. The molecule has 0 radical (unpaired) electrons. The highest BCUT2D eigenvalue weighted by Gasteiger charge is 2.25. The third-order valence-electron chi connectivity index (χ3n) is 5.38. The van der Waals surface area contributed by atoms with Crippen molar-refractivity contribution in [3.63, 3.8) is 0 Å². The van der Waals surface area contributed by atoms with Gasteiger partial charge in [0.15, 0.2) is 13.2 Å². The molecule has 5 nitrogen and oxygen atoms in total. The van der Waals surface area contributed by atoms with Crippen LogP contribution >= 0.6 is 0 Å². The smallest absolute Gasteiger partial charge is 0.344 e. The molecule has 27 heavy (non-hydrogen) atoms. The van der Waals surface area contributed by atoms with Crippen molar-refractivity contribution in [3.05, 3.63) is 42.5 Å². The zero-order chi connectivity index (χ0) is 19.2. The van der Waals surface area contributed by atoms with Gasteiger partial charge in [0.1, 0.15) is 5.75 Å². The van der Waals surface area contributed by atoms with Gasteiger partial charge in [0, 0.05) is 18.5 Å². The van der Waals surface area contributed by atoms with E-state index in [9.17, 15) is 9.59 Å². The maximum absolute atomic E-state index is 12.3. The van der Waals surface area contributed by atoms with Crippen LogP contribution in [0.3, 0.4) is 0 Å². The first kappa shape index (κ1) is 19.2. The van der Waals surface area contributed by atoms with E-state index in [1.807, 2.05) is 42.5 Å². The average Bonchev–Trinajstić information content (AvgIpc) is 2.70. The number of hydrogen-bond acceptors (Lipinski definition) is 4. The monoisotopic (exact) mass is 369 g/mol. The van der Waals surface area contributed by atoms with Gasteiger partial charge in [-0.1, -0.05) is 43.3 Å². The molecule has 2 aromatic rings. The molecule has 2 aromatic carbocycles. The Labute approximate surface area is 160 Å². The topological polar surface area (TPSA) is 55.8 Å². The van der Waals surface area contributed by atoms with E-state index in [-0.39, 0.29) is 25.2 Å². The van der Waals surface area contributed by atoms with Crippen LogP contribution in [0, 0.1) is 5.92 Å². The Balaban J connectivity index is 1.46. The number of fused-ring (bicyclic) bond motifs is 1. The van der Waals surface area contributed by atoms with Gasteiger partial charge in [0.05, 0.1) is 0 Å². The lowest BCUT2D eigenvalue weighted by atomic mass is 9.87. The van der Waals surface area contributed by atoms with Gasteiger partial charge in [0.25, 0.3) is 5.91 Å². The summed E-state index contributed by atoms with van der Waals surface area (Å²) in [7, 11) is 1.80.